The van der Waals surface area contributed by atoms with Gasteiger partial charge in [-0.25, -0.2) is 0 Å². The molecule has 5 heteroatoms. The van der Waals surface area contributed by atoms with E-state index in [2.05, 4.69) is 10.2 Å². The summed E-state index contributed by atoms with van der Waals surface area (Å²) in [6.45, 7) is 1.57. The summed E-state index contributed by atoms with van der Waals surface area (Å²) in [5.41, 5.74) is 5.40. The monoisotopic (exact) mass is 196 g/mol. The molecule has 1 saturated carbocycles. The van der Waals surface area contributed by atoms with Crippen molar-refractivity contribution >= 4 is 6.01 Å². The van der Waals surface area contributed by atoms with Crippen molar-refractivity contribution in [1.29, 1.82) is 0 Å². The average Bonchev–Trinajstić information content (AvgIpc) is 2.83. The molecule has 0 saturated heterocycles. The SMILES string of the molecule is CN(CC1CC1)c1nnc(CCN)o1. The van der Waals surface area contributed by atoms with Crippen LogP contribution in [0.15, 0.2) is 4.42 Å². The van der Waals surface area contributed by atoms with Crippen molar-refractivity contribution in [1.82, 2.24) is 10.2 Å². The highest BCUT2D eigenvalue weighted by molar-refractivity contribution is 5.22. The lowest BCUT2D eigenvalue weighted by Gasteiger charge is -2.12. The molecule has 78 valence electrons. The van der Waals surface area contributed by atoms with Crippen LogP contribution in [0.2, 0.25) is 0 Å². The molecular formula is C9H16N4O. The van der Waals surface area contributed by atoms with Gasteiger partial charge >= 0.3 is 6.01 Å². The van der Waals surface area contributed by atoms with E-state index in [1.54, 1.807) is 0 Å². The number of rotatable bonds is 5. The molecule has 1 aliphatic carbocycles. The van der Waals surface area contributed by atoms with Gasteiger partial charge in [0.1, 0.15) is 0 Å². The fraction of sp³-hybridized carbons (Fsp3) is 0.778. The van der Waals surface area contributed by atoms with Crippen molar-refractivity contribution in [3.63, 3.8) is 0 Å². The van der Waals surface area contributed by atoms with Crippen LogP contribution in [0.5, 0.6) is 0 Å². The van der Waals surface area contributed by atoms with Crippen LogP contribution >= 0.6 is 0 Å². The molecule has 0 atom stereocenters. The lowest BCUT2D eigenvalue weighted by atomic mass is 10.4. The lowest BCUT2D eigenvalue weighted by molar-refractivity contribution is 0.487. The maximum atomic E-state index is 5.44. The first-order valence-corrected chi connectivity index (χ1v) is 5.03. The van der Waals surface area contributed by atoms with Crippen LogP contribution in [0.25, 0.3) is 0 Å². The molecule has 0 amide bonds. The smallest absolute Gasteiger partial charge is 0.317 e. The summed E-state index contributed by atoms with van der Waals surface area (Å²) in [5.74, 6) is 1.45. The van der Waals surface area contributed by atoms with Crippen LogP contribution in [0.1, 0.15) is 18.7 Å². The molecule has 2 N–H and O–H groups in total. The summed E-state index contributed by atoms with van der Waals surface area (Å²) in [5, 5.41) is 7.89. The quantitative estimate of drug-likeness (QED) is 0.739. The summed E-state index contributed by atoms with van der Waals surface area (Å²) in [7, 11) is 1.98. The van der Waals surface area contributed by atoms with Crippen molar-refractivity contribution in [3.05, 3.63) is 5.89 Å². The second kappa shape index (κ2) is 3.96. The zero-order valence-corrected chi connectivity index (χ0v) is 8.44. The molecule has 0 aromatic carbocycles. The highest BCUT2D eigenvalue weighted by Gasteiger charge is 2.24. The van der Waals surface area contributed by atoms with Crippen molar-refractivity contribution in [2.75, 3.05) is 25.0 Å². The zero-order valence-electron chi connectivity index (χ0n) is 8.44. The van der Waals surface area contributed by atoms with Gasteiger partial charge in [0.25, 0.3) is 0 Å². The van der Waals surface area contributed by atoms with E-state index < -0.39 is 0 Å². The Morgan fingerprint density at radius 1 is 1.50 bits per heavy atom. The van der Waals surface area contributed by atoms with Gasteiger partial charge in [0.2, 0.25) is 5.89 Å². The molecule has 1 aromatic heterocycles. The van der Waals surface area contributed by atoms with E-state index in [9.17, 15) is 0 Å². The van der Waals surface area contributed by atoms with E-state index in [4.69, 9.17) is 10.2 Å². The maximum Gasteiger partial charge on any atom is 0.317 e. The summed E-state index contributed by atoms with van der Waals surface area (Å²) >= 11 is 0. The zero-order chi connectivity index (χ0) is 9.97. The number of aromatic nitrogens is 2. The van der Waals surface area contributed by atoms with Gasteiger partial charge in [-0.3, -0.25) is 0 Å². The van der Waals surface area contributed by atoms with Crippen molar-refractivity contribution in [2.45, 2.75) is 19.3 Å². The van der Waals surface area contributed by atoms with E-state index in [1.807, 2.05) is 11.9 Å². The summed E-state index contributed by atoms with van der Waals surface area (Å²) in [6.07, 6.45) is 3.31. The minimum atomic E-state index is 0.550. The molecule has 1 aliphatic rings. The summed E-state index contributed by atoms with van der Waals surface area (Å²) in [4.78, 5) is 2.02. The van der Waals surface area contributed by atoms with Gasteiger partial charge in [-0.2, -0.15) is 0 Å². The fourth-order valence-corrected chi connectivity index (χ4v) is 1.39. The van der Waals surface area contributed by atoms with Crippen molar-refractivity contribution in [3.8, 4) is 0 Å². The number of nitrogens with two attached hydrogens (primary N) is 1. The van der Waals surface area contributed by atoms with Crippen molar-refractivity contribution < 1.29 is 4.42 Å². The average molecular weight is 196 g/mol. The van der Waals surface area contributed by atoms with Gasteiger partial charge in [-0.15, -0.1) is 5.10 Å². The first kappa shape index (κ1) is 9.45. The Morgan fingerprint density at radius 2 is 2.29 bits per heavy atom. The molecule has 14 heavy (non-hydrogen) atoms. The molecule has 0 bridgehead atoms. The molecule has 1 heterocycles. The van der Waals surface area contributed by atoms with Gasteiger partial charge in [0.15, 0.2) is 0 Å². The number of nitrogens with zero attached hydrogens (tertiary/aromatic N) is 3. The molecule has 2 rings (SSSR count). The minimum absolute atomic E-state index is 0.550. The van der Waals surface area contributed by atoms with Gasteiger partial charge < -0.3 is 15.1 Å². The summed E-state index contributed by atoms with van der Waals surface area (Å²) in [6, 6.07) is 0.611. The number of hydrogen-bond donors (Lipinski definition) is 1. The standard InChI is InChI=1S/C9H16N4O/c1-13(6-7-2-3-7)9-12-11-8(14-9)4-5-10/h7H,2-6,10H2,1H3. The first-order valence-electron chi connectivity index (χ1n) is 5.03. The third-order valence-electron chi connectivity index (χ3n) is 2.37. The number of anilines is 1. The van der Waals surface area contributed by atoms with Crippen LogP contribution in [0.3, 0.4) is 0 Å². The normalized spacial score (nSPS) is 15.9. The maximum absolute atomic E-state index is 5.44. The van der Waals surface area contributed by atoms with Crippen LogP contribution in [0.4, 0.5) is 6.01 Å². The second-order valence-corrected chi connectivity index (χ2v) is 3.84. The fourth-order valence-electron chi connectivity index (χ4n) is 1.39. The van der Waals surface area contributed by atoms with Gasteiger partial charge in [0, 0.05) is 26.6 Å². The molecule has 0 unspecified atom stereocenters. The predicted octanol–water partition coefficient (Wildman–Crippen LogP) is 0.417. The lowest BCUT2D eigenvalue weighted by Crippen LogP contribution is -2.20. The van der Waals surface area contributed by atoms with E-state index in [0.29, 0.717) is 24.9 Å². The Hall–Kier alpha value is -1.10. The van der Waals surface area contributed by atoms with E-state index in [-0.39, 0.29) is 0 Å². The van der Waals surface area contributed by atoms with Crippen LogP contribution in [-0.4, -0.2) is 30.3 Å². The Labute approximate surface area is 83.3 Å². The Kier molecular flexibility index (Phi) is 2.67. The Balaban J connectivity index is 1.92. The van der Waals surface area contributed by atoms with E-state index >= 15 is 0 Å². The largest absolute Gasteiger partial charge is 0.408 e. The molecule has 5 nitrogen and oxygen atoms in total. The highest BCUT2D eigenvalue weighted by Crippen LogP contribution is 2.30. The molecule has 0 aliphatic heterocycles. The Morgan fingerprint density at radius 3 is 2.93 bits per heavy atom. The summed E-state index contributed by atoms with van der Waals surface area (Å²) < 4.78 is 5.44. The number of hydrogen-bond acceptors (Lipinski definition) is 5. The van der Waals surface area contributed by atoms with Crippen molar-refractivity contribution in [2.24, 2.45) is 11.7 Å². The molecule has 0 spiro atoms. The van der Waals surface area contributed by atoms with Crippen LogP contribution in [-0.2, 0) is 6.42 Å². The molecule has 0 radical (unpaired) electrons. The van der Waals surface area contributed by atoms with Gasteiger partial charge in [0.05, 0.1) is 0 Å². The second-order valence-electron chi connectivity index (χ2n) is 3.84. The first-order chi connectivity index (χ1) is 6.79. The molecular weight excluding hydrogens is 180 g/mol. The molecule has 1 fully saturated rings. The van der Waals surface area contributed by atoms with Gasteiger partial charge in [-0.1, -0.05) is 5.10 Å². The predicted molar refractivity (Wildman–Crippen MR) is 53.1 cm³/mol. The minimum Gasteiger partial charge on any atom is -0.408 e. The third-order valence-corrected chi connectivity index (χ3v) is 2.37. The van der Waals surface area contributed by atoms with E-state index in [0.717, 1.165) is 12.5 Å². The van der Waals surface area contributed by atoms with Gasteiger partial charge in [-0.05, 0) is 18.8 Å². The van der Waals surface area contributed by atoms with E-state index in [1.165, 1.54) is 12.8 Å². The highest BCUT2D eigenvalue weighted by atomic mass is 16.4. The van der Waals surface area contributed by atoms with Crippen LogP contribution in [0, 0.1) is 5.92 Å². The molecule has 1 aromatic rings. The Bertz CT molecular complexity index is 295. The van der Waals surface area contributed by atoms with Crippen LogP contribution < -0.4 is 10.6 Å². The topological polar surface area (TPSA) is 68.2 Å². The third kappa shape index (κ3) is 2.23.